The smallest absolute Gasteiger partial charge is 0.143 e. The van der Waals surface area contributed by atoms with Crippen molar-refractivity contribution < 1.29 is 9.47 Å². The van der Waals surface area contributed by atoms with Gasteiger partial charge >= 0.3 is 0 Å². The normalized spacial score (nSPS) is 17.0. The zero-order valence-corrected chi connectivity index (χ0v) is 11.0. The van der Waals surface area contributed by atoms with Gasteiger partial charge in [-0.15, -0.1) is 11.8 Å². The van der Waals surface area contributed by atoms with Crippen molar-refractivity contribution in [1.82, 2.24) is 0 Å². The molecule has 2 N–H and O–H groups in total. The first-order chi connectivity index (χ1) is 8.31. The molecule has 17 heavy (non-hydrogen) atoms. The number of ether oxygens (including phenoxy) is 2. The molecule has 1 aliphatic rings. The summed E-state index contributed by atoms with van der Waals surface area (Å²) in [7, 11) is 0. The molecular weight excluding hydrogens is 234 g/mol. The molecule has 0 amide bonds. The van der Waals surface area contributed by atoms with E-state index in [2.05, 4.69) is 6.07 Å². The minimum atomic E-state index is 0.614. The van der Waals surface area contributed by atoms with Gasteiger partial charge in [0, 0.05) is 23.4 Å². The molecule has 3 nitrogen and oxygen atoms in total. The molecule has 0 aromatic heterocycles. The van der Waals surface area contributed by atoms with Crippen LogP contribution in [0.15, 0.2) is 23.1 Å². The van der Waals surface area contributed by atoms with E-state index in [0.29, 0.717) is 11.9 Å². The lowest BCUT2D eigenvalue weighted by Gasteiger charge is -2.22. The van der Waals surface area contributed by atoms with E-state index < -0.39 is 0 Å². The third-order valence-corrected chi connectivity index (χ3v) is 4.20. The lowest BCUT2D eigenvalue weighted by molar-refractivity contribution is 0.100. The molecule has 1 aromatic rings. The van der Waals surface area contributed by atoms with E-state index in [1.807, 2.05) is 30.8 Å². The summed E-state index contributed by atoms with van der Waals surface area (Å²) in [6, 6.07) is 5.99. The second kappa shape index (κ2) is 6.17. The summed E-state index contributed by atoms with van der Waals surface area (Å²) in [6.45, 7) is 4.35. The molecule has 1 aliphatic heterocycles. The van der Waals surface area contributed by atoms with E-state index in [0.717, 1.165) is 42.4 Å². The quantitative estimate of drug-likeness (QED) is 0.838. The van der Waals surface area contributed by atoms with Crippen molar-refractivity contribution in [3.63, 3.8) is 0 Å². The Hall–Kier alpha value is -0.870. The second-order valence-corrected chi connectivity index (χ2v) is 5.37. The Morgan fingerprint density at radius 3 is 2.88 bits per heavy atom. The van der Waals surface area contributed by atoms with E-state index >= 15 is 0 Å². The van der Waals surface area contributed by atoms with Crippen molar-refractivity contribution in [3.8, 4) is 5.75 Å². The molecule has 1 saturated heterocycles. The lowest BCUT2D eigenvalue weighted by Crippen LogP contribution is -2.17. The van der Waals surface area contributed by atoms with Crippen LogP contribution in [0, 0.1) is 0 Å². The zero-order chi connectivity index (χ0) is 12.1. The van der Waals surface area contributed by atoms with Crippen LogP contribution >= 0.6 is 11.8 Å². The Morgan fingerprint density at radius 1 is 1.41 bits per heavy atom. The Kier molecular flexibility index (Phi) is 4.57. The van der Waals surface area contributed by atoms with Crippen molar-refractivity contribution in [2.24, 2.45) is 0 Å². The first-order valence-corrected chi connectivity index (χ1v) is 6.95. The summed E-state index contributed by atoms with van der Waals surface area (Å²) >= 11 is 1.85. The highest BCUT2D eigenvalue weighted by Crippen LogP contribution is 2.37. The molecular formula is C13H19NO2S. The van der Waals surface area contributed by atoms with Crippen molar-refractivity contribution in [3.05, 3.63) is 18.2 Å². The number of nitrogens with two attached hydrogens (primary N) is 1. The first-order valence-electron chi connectivity index (χ1n) is 6.07. The second-order valence-electron chi connectivity index (χ2n) is 4.03. The largest absolute Gasteiger partial charge is 0.492 e. The predicted molar refractivity (Wildman–Crippen MR) is 71.7 cm³/mol. The molecule has 94 valence electrons. The number of hydrogen-bond acceptors (Lipinski definition) is 4. The van der Waals surface area contributed by atoms with Gasteiger partial charge in [0.1, 0.15) is 5.75 Å². The maximum atomic E-state index is 6.11. The number of thioether (sulfide) groups is 1. The van der Waals surface area contributed by atoms with Crippen molar-refractivity contribution >= 4 is 17.4 Å². The molecule has 1 fully saturated rings. The molecule has 0 bridgehead atoms. The molecule has 0 atom stereocenters. The maximum absolute atomic E-state index is 6.11. The van der Waals surface area contributed by atoms with Crippen LogP contribution in [0.25, 0.3) is 0 Å². The molecule has 0 aliphatic carbocycles. The number of rotatable bonds is 4. The highest BCUT2D eigenvalue weighted by Gasteiger charge is 2.17. The van der Waals surface area contributed by atoms with Gasteiger partial charge in [0.15, 0.2) is 0 Å². The summed E-state index contributed by atoms with van der Waals surface area (Å²) in [4.78, 5) is 1.13. The van der Waals surface area contributed by atoms with E-state index in [-0.39, 0.29) is 0 Å². The van der Waals surface area contributed by atoms with Crippen LogP contribution in [0.3, 0.4) is 0 Å². The molecule has 0 radical (unpaired) electrons. The Balaban J connectivity index is 2.06. The number of nitrogen functional groups attached to an aromatic ring is 1. The monoisotopic (exact) mass is 253 g/mol. The van der Waals surface area contributed by atoms with Crippen LogP contribution in [0.1, 0.15) is 19.8 Å². The van der Waals surface area contributed by atoms with Crippen LogP contribution in [0.2, 0.25) is 0 Å². The van der Waals surface area contributed by atoms with Gasteiger partial charge < -0.3 is 15.2 Å². The standard InChI is InChI=1S/C13H19NO2S/c1-2-16-11-4-3-5-12(13(11)14)17-10-6-8-15-9-7-10/h3-5,10H,2,6-9,14H2,1H3. The van der Waals surface area contributed by atoms with Crippen molar-refractivity contribution in [2.45, 2.75) is 29.9 Å². The highest BCUT2D eigenvalue weighted by atomic mass is 32.2. The van der Waals surface area contributed by atoms with Crippen LogP contribution in [0.5, 0.6) is 5.75 Å². The topological polar surface area (TPSA) is 44.5 Å². The summed E-state index contributed by atoms with van der Waals surface area (Å²) in [5.74, 6) is 0.796. The average molecular weight is 253 g/mol. The third kappa shape index (κ3) is 3.30. The summed E-state index contributed by atoms with van der Waals surface area (Å²) in [6.07, 6.45) is 2.20. The minimum absolute atomic E-state index is 0.614. The predicted octanol–water partition coefficient (Wildman–Crippen LogP) is 2.94. The lowest BCUT2D eigenvalue weighted by atomic mass is 10.2. The zero-order valence-electron chi connectivity index (χ0n) is 10.1. The number of para-hydroxylation sites is 1. The van der Waals surface area contributed by atoms with Crippen LogP contribution in [0.4, 0.5) is 5.69 Å². The van der Waals surface area contributed by atoms with E-state index in [1.165, 1.54) is 0 Å². The SMILES string of the molecule is CCOc1cccc(SC2CCOCC2)c1N. The van der Waals surface area contributed by atoms with Gasteiger partial charge in [-0.05, 0) is 31.9 Å². The van der Waals surface area contributed by atoms with Crippen molar-refractivity contribution in [2.75, 3.05) is 25.6 Å². The highest BCUT2D eigenvalue weighted by molar-refractivity contribution is 8.00. The fourth-order valence-electron chi connectivity index (χ4n) is 1.88. The van der Waals surface area contributed by atoms with Gasteiger partial charge in [0.05, 0.1) is 12.3 Å². The van der Waals surface area contributed by atoms with Gasteiger partial charge in [-0.2, -0.15) is 0 Å². The van der Waals surface area contributed by atoms with Crippen LogP contribution in [-0.4, -0.2) is 25.1 Å². The summed E-state index contributed by atoms with van der Waals surface area (Å²) in [5.41, 5.74) is 6.88. The molecule has 0 spiro atoms. The Bertz CT molecular complexity index is 364. The molecule has 1 heterocycles. The van der Waals surface area contributed by atoms with Crippen LogP contribution in [-0.2, 0) is 4.74 Å². The molecule has 1 aromatic carbocycles. The summed E-state index contributed by atoms with van der Waals surface area (Å²) < 4.78 is 10.9. The maximum Gasteiger partial charge on any atom is 0.143 e. The van der Waals surface area contributed by atoms with E-state index in [4.69, 9.17) is 15.2 Å². The number of anilines is 1. The third-order valence-electron chi connectivity index (χ3n) is 2.79. The number of benzene rings is 1. The molecule has 0 saturated carbocycles. The fraction of sp³-hybridized carbons (Fsp3) is 0.538. The molecule has 0 unspecified atom stereocenters. The molecule has 2 rings (SSSR count). The molecule has 4 heteroatoms. The van der Waals surface area contributed by atoms with Gasteiger partial charge in [-0.3, -0.25) is 0 Å². The van der Waals surface area contributed by atoms with Gasteiger partial charge in [-0.1, -0.05) is 6.07 Å². The summed E-state index contributed by atoms with van der Waals surface area (Å²) in [5, 5.41) is 0.614. The van der Waals surface area contributed by atoms with Crippen LogP contribution < -0.4 is 10.5 Å². The van der Waals surface area contributed by atoms with Gasteiger partial charge in [0.2, 0.25) is 0 Å². The van der Waals surface area contributed by atoms with Gasteiger partial charge in [-0.25, -0.2) is 0 Å². The minimum Gasteiger partial charge on any atom is -0.492 e. The Labute approximate surface area is 107 Å². The van der Waals surface area contributed by atoms with E-state index in [1.54, 1.807) is 0 Å². The first kappa shape index (κ1) is 12.6. The Morgan fingerprint density at radius 2 is 2.18 bits per heavy atom. The fourth-order valence-corrected chi connectivity index (χ4v) is 3.05. The van der Waals surface area contributed by atoms with Crippen molar-refractivity contribution in [1.29, 1.82) is 0 Å². The number of hydrogen-bond donors (Lipinski definition) is 1. The van der Waals surface area contributed by atoms with E-state index in [9.17, 15) is 0 Å². The van der Waals surface area contributed by atoms with Gasteiger partial charge in [0.25, 0.3) is 0 Å². The average Bonchev–Trinajstić information content (AvgIpc) is 2.36.